The molecule has 1 atom stereocenters. The minimum Gasteiger partial charge on any atom is -0.338 e. The second kappa shape index (κ2) is 5.49. The van der Waals surface area contributed by atoms with Crippen LogP contribution in [0.3, 0.4) is 0 Å². The Morgan fingerprint density at radius 2 is 2.30 bits per heavy atom. The van der Waals surface area contributed by atoms with Crippen LogP contribution in [-0.4, -0.2) is 34.3 Å². The molecule has 1 saturated heterocycles. The van der Waals surface area contributed by atoms with Crippen LogP contribution in [0.4, 0.5) is 10.3 Å². The maximum Gasteiger partial charge on any atom is 0.245 e. The second-order valence-electron chi connectivity index (χ2n) is 4.93. The molecule has 1 aromatic heterocycles. The van der Waals surface area contributed by atoms with Gasteiger partial charge in [0.25, 0.3) is 0 Å². The van der Waals surface area contributed by atoms with Crippen molar-refractivity contribution in [2.24, 2.45) is 5.73 Å². The molecule has 7 heteroatoms. The van der Waals surface area contributed by atoms with Gasteiger partial charge in [0.05, 0.1) is 10.0 Å². The molecule has 1 aliphatic rings. The first kappa shape index (κ1) is 13.5. The largest absolute Gasteiger partial charge is 0.338 e. The van der Waals surface area contributed by atoms with Crippen LogP contribution < -0.4 is 10.6 Å². The average Bonchev–Trinajstić information content (AvgIpc) is 2.91. The van der Waals surface area contributed by atoms with Crippen LogP contribution in [-0.2, 0) is 0 Å². The summed E-state index contributed by atoms with van der Waals surface area (Å²) in [7, 11) is 0. The minimum atomic E-state index is -0.342. The third kappa shape index (κ3) is 2.55. The monoisotopic (exact) mass is 339 g/mol. The molecule has 5 nitrogen and oxygen atoms in total. The molecule has 0 aliphatic carbocycles. The number of nitrogens with one attached hydrogen (secondary N) is 1. The average molecular weight is 340 g/mol. The molecule has 1 aromatic carbocycles. The number of hydrogen-bond acceptors (Lipinski definition) is 4. The van der Waals surface area contributed by atoms with Gasteiger partial charge in [0, 0.05) is 19.1 Å². The number of benzene rings is 1. The third-order valence-corrected chi connectivity index (χ3v) is 4.03. The van der Waals surface area contributed by atoms with Gasteiger partial charge in [-0.25, -0.2) is 4.39 Å². The lowest BCUT2D eigenvalue weighted by atomic mass is 10.1. The van der Waals surface area contributed by atoms with Crippen molar-refractivity contribution in [3.05, 3.63) is 28.5 Å². The lowest BCUT2D eigenvalue weighted by Gasteiger charge is -2.29. The van der Waals surface area contributed by atoms with E-state index in [0.717, 1.165) is 25.9 Å². The Bertz CT molecular complexity index is 615. The highest BCUT2D eigenvalue weighted by Crippen LogP contribution is 2.26. The summed E-state index contributed by atoms with van der Waals surface area (Å²) in [5.41, 5.74) is 6.35. The Labute approximate surface area is 124 Å². The summed E-state index contributed by atoms with van der Waals surface area (Å²) in [6.45, 7) is 1.62. The molecule has 0 bridgehead atoms. The summed E-state index contributed by atoms with van der Waals surface area (Å²) >= 11 is 3.17. The van der Waals surface area contributed by atoms with Crippen LogP contribution in [0.5, 0.6) is 0 Å². The van der Waals surface area contributed by atoms with E-state index in [1.54, 1.807) is 18.2 Å². The minimum absolute atomic E-state index is 0.147. The Morgan fingerprint density at radius 3 is 3.10 bits per heavy atom. The van der Waals surface area contributed by atoms with Crippen LogP contribution in [0.15, 0.2) is 22.7 Å². The van der Waals surface area contributed by atoms with Crippen molar-refractivity contribution in [3.8, 4) is 11.4 Å². The molecule has 2 heterocycles. The van der Waals surface area contributed by atoms with Crippen molar-refractivity contribution in [2.45, 2.75) is 18.9 Å². The number of anilines is 1. The van der Waals surface area contributed by atoms with E-state index in [4.69, 9.17) is 5.73 Å². The quantitative estimate of drug-likeness (QED) is 0.880. The maximum atomic E-state index is 14.0. The molecule has 3 N–H and O–H groups in total. The number of aromatic amines is 1. The van der Waals surface area contributed by atoms with Gasteiger partial charge in [-0.3, -0.25) is 5.10 Å². The van der Waals surface area contributed by atoms with Crippen LogP contribution in [0.25, 0.3) is 11.4 Å². The number of rotatable bonds is 2. The highest BCUT2D eigenvalue weighted by molar-refractivity contribution is 9.10. The molecule has 1 unspecified atom stereocenters. The lowest BCUT2D eigenvalue weighted by molar-refractivity contribution is 0.500. The Balaban J connectivity index is 1.88. The Morgan fingerprint density at radius 1 is 1.45 bits per heavy atom. The van der Waals surface area contributed by atoms with Gasteiger partial charge in [-0.15, -0.1) is 5.10 Å². The molecule has 0 saturated carbocycles. The molecular formula is C13H15BrFN5. The first-order chi connectivity index (χ1) is 9.65. The van der Waals surface area contributed by atoms with Crippen molar-refractivity contribution in [1.29, 1.82) is 0 Å². The van der Waals surface area contributed by atoms with E-state index < -0.39 is 0 Å². The van der Waals surface area contributed by atoms with E-state index in [0.29, 0.717) is 21.8 Å². The van der Waals surface area contributed by atoms with Gasteiger partial charge >= 0.3 is 0 Å². The van der Waals surface area contributed by atoms with Gasteiger partial charge in [-0.2, -0.15) is 4.98 Å². The normalized spacial score (nSPS) is 19.4. The molecule has 0 amide bonds. The van der Waals surface area contributed by atoms with Crippen LogP contribution in [0.2, 0.25) is 0 Å². The van der Waals surface area contributed by atoms with Crippen molar-refractivity contribution >= 4 is 21.9 Å². The summed E-state index contributed by atoms with van der Waals surface area (Å²) in [4.78, 5) is 6.42. The maximum absolute atomic E-state index is 14.0. The molecule has 1 fully saturated rings. The summed E-state index contributed by atoms with van der Waals surface area (Å²) < 4.78 is 14.4. The third-order valence-electron chi connectivity index (χ3n) is 3.42. The lowest BCUT2D eigenvalue weighted by Crippen LogP contribution is -2.43. The molecule has 0 radical (unpaired) electrons. The van der Waals surface area contributed by atoms with E-state index in [9.17, 15) is 4.39 Å². The van der Waals surface area contributed by atoms with Crippen molar-refractivity contribution in [3.63, 3.8) is 0 Å². The van der Waals surface area contributed by atoms with Gasteiger partial charge in [0.15, 0.2) is 5.82 Å². The Hall–Kier alpha value is -1.47. The topological polar surface area (TPSA) is 70.8 Å². The summed E-state index contributed by atoms with van der Waals surface area (Å²) in [5.74, 6) is 0.665. The molecule has 0 spiro atoms. The predicted octanol–water partition coefficient (Wildman–Crippen LogP) is 2.30. The van der Waals surface area contributed by atoms with Crippen molar-refractivity contribution in [1.82, 2.24) is 15.2 Å². The predicted molar refractivity (Wildman–Crippen MR) is 78.9 cm³/mol. The van der Waals surface area contributed by atoms with Gasteiger partial charge in [-0.05, 0) is 40.9 Å². The molecule has 1 aliphatic heterocycles. The van der Waals surface area contributed by atoms with Crippen LogP contribution in [0.1, 0.15) is 12.8 Å². The zero-order valence-corrected chi connectivity index (χ0v) is 12.4. The SMILES string of the molecule is NC1CCCN(c2n[nH]c(-c3cccc(Br)c3F)n2)C1. The van der Waals surface area contributed by atoms with E-state index in [-0.39, 0.29) is 11.9 Å². The van der Waals surface area contributed by atoms with Crippen molar-refractivity contribution < 1.29 is 4.39 Å². The highest BCUT2D eigenvalue weighted by atomic mass is 79.9. The van der Waals surface area contributed by atoms with Gasteiger partial charge < -0.3 is 10.6 Å². The molecule has 20 heavy (non-hydrogen) atoms. The fourth-order valence-corrected chi connectivity index (χ4v) is 2.76. The van der Waals surface area contributed by atoms with Gasteiger partial charge in [0.2, 0.25) is 5.95 Å². The zero-order valence-electron chi connectivity index (χ0n) is 10.8. The van der Waals surface area contributed by atoms with Crippen molar-refractivity contribution in [2.75, 3.05) is 18.0 Å². The van der Waals surface area contributed by atoms with E-state index >= 15 is 0 Å². The molecule has 3 rings (SSSR count). The standard InChI is InChI=1S/C13H15BrFN5/c14-10-5-1-4-9(11(10)15)12-17-13(19-18-12)20-6-2-3-8(16)7-20/h1,4-5,8H,2-3,6-7,16H2,(H,17,18,19). The number of nitrogens with zero attached hydrogens (tertiary/aromatic N) is 3. The highest BCUT2D eigenvalue weighted by Gasteiger charge is 2.21. The number of piperidine rings is 1. The smallest absolute Gasteiger partial charge is 0.245 e. The van der Waals surface area contributed by atoms with Gasteiger partial charge in [-0.1, -0.05) is 6.07 Å². The number of hydrogen-bond donors (Lipinski definition) is 2. The van der Waals surface area contributed by atoms with E-state index in [2.05, 4.69) is 31.1 Å². The van der Waals surface area contributed by atoms with Crippen LogP contribution in [0, 0.1) is 5.82 Å². The number of halogens is 2. The van der Waals surface area contributed by atoms with E-state index in [1.165, 1.54) is 0 Å². The zero-order chi connectivity index (χ0) is 14.1. The van der Waals surface area contributed by atoms with Crippen LogP contribution >= 0.6 is 15.9 Å². The number of nitrogens with two attached hydrogens (primary N) is 1. The summed E-state index contributed by atoms with van der Waals surface area (Å²) in [5, 5.41) is 6.97. The number of aromatic nitrogens is 3. The fraction of sp³-hybridized carbons (Fsp3) is 0.385. The first-order valence-corrected chi connectivity index (χ1v) is 7.32. The summed E-state index contributed by atoms with van der Waals surface area (Å²) in [6, 6.07) is 5.24. The second-order valence-corrected chi connectivity index (χ2v) is 5.79. The molecule has 106 valence electrons. The summed E-state index contributed by atoms with van der Waals surface area (Å²) in [6.07, 6.45) is 2.05. The molecule has 2 aromatic rings. The van der Waals surface area contributed by atoms with E-state index in [1.807, 2.05) is 4.90 Å². The first-order valence-electron chi connectivity index (χ1n) is 6.52. The Kier molecular flexibility index (Phi) is 3.71. The van der Waals surface area contributed by atoms with Gasteiger partial charge in [0.1, 0.15) is 5.82 Å². The fourth-order valence-electron chi connectivity index (χ4n) is 2.39. The number of H-pyrrole nitrogens is 1. The molecular weight excluding hydrogens is 325 g/mol.